The zero-order valence-electron chi connectivity index (χ0n) is 18.3. The van der Waals surface area contributed by atoms with Gasteiger partial charge in [-0.1, -0.05) is 0 Å². The lowest BCUT2D eigenvalue weighted by atomic mass is 9.98. The summed E-state index contributed by atoms with van der Waals surface area (Å²) in [4.78, 5) is 14.9. The maximum Gasteiger partial charge on any atom is 0.159 e. The van der Waals surface area contributed by atoms with Crippen LogP contribution in [0.5, 0.6) is 0 Å². The van der Waals surface area contributed by atoms with Crippen LogP contribution in [0.3, 0.4) is 0 Å². The monoisotopic (exact) mass is 510 g/mol. The van der Waals surface area contributed by atoms with Crippen molar-refractivity contribution in [1.82, 2.24) is 15.3 Å². The Morgan fingerprint density at radius 3 is 1.62 bits per heavy atom. The maximum absolute atomic E-state index is 14.2. The molecule has 2 aliphatic heterocycles. The lowest BCUT2D eigenvalue weighted by molar-refractivity contribution is 0.507. The van der Waals surface area contributed by atoms with Gasteiger partial charge < -0.3 is 20.6 Å². The Kier molecular flexibility index (Phi) is 4.30. The molecule has 0 atom stereocenters. The standard InChI is InChI=1S/C25H12F6N6/c26-14-1-8-2-20-32-21(9(8)3-15(14)27)34-23-12-6-18(30)19(31)7-13(12)25(36-23)37-24-11-5-17(29)16(28)4-10(11)22(33-20)35-24/h1,3-7,35-37H,2H2,(H,32,33,34). The summed E-state index contributed by atoms with van der Waals surface area (Å²) >= 11 is 0. The quantitative estimate of drug-likeness (QED) is 0.180. The average Bonchev–Trinajstić information content (AvgIpc) is 3.33. The van der Waals surface area contributed by atoms with Gasteiger partial charge in [0, 0.05) is 33.5 Å². The van der Waals surface area contributed by atoms with Crippen LogP contribution in [-0.4, -0.2) is 21.6 Å². The summed E-state index contributed by atoms with van der Waals surface area (Å²) in [6.45, 7) is 0. The summed E-state index contributed by atoms with van der Waals surface area (Å²) in [6, 6.07) is 5.85. The van der Waals surface area contributed by atoms with Gasteiger partial charge in [-0.15, -0.1) is 0 Å². The molecule has 0 saturated heterocycles. The van der Waals surface area contributed by atoms with Crippen molar-refractivity contribution < 1.29 is 26.3 Å². The number of hydrogen-bond donors (Lipinski definition) is 4. The molecule has 0 radical (unpaired) electrons. The predicted molar refractivity (Wildman–Crippen MR) is 126 cm³/mol. The number of aromatic nitrogens is 2. The summed E-state index contributed by atoms with van der Waals surface area (Å²) in [6.07, 6.45) is 0.0368. The molecule has 184 valence electrons. The van der Waals surface area contributed by atoms with Crippen LogP contribution < -0.4 is 10.6 Å². The third-order valence-electron chi connectivity index (χ3n) is 6.40. The number of fused-ring (bicyclic) bond motifs is 14. The van der Waals surface area contributed by atoms with E-state index in [1.807, 2.05) is 0 Å². The van der Waals surface area contributed by atoms with E-state index in [0.717, 1.165) is 36.4 Å². The van der Waals surface area contributed by atoms with Gasteiger partial charge in [0.05, 0.1) is 0 Å². The minimum Gasteiger partial charge on any atom is -0.328 e. The summed E-state index contributed by atoms with van der Waals surface area (Å²) < 4.78 is 85.1. The SMILES string of the molecule is Fc1cc2c(cc1F)C1=Nc3[nH]c(c4cc(F)c(F)cc34)Nc3[nH]c(c4cc(F)c(F)cc34)N=C(C2)N1. The Bertz CT molecular complexity index is 1880. The maximum atomic E-state index is 14.2. The van der Waals surface area contributed by atoms with Crippen molar-refractivity contribution >= 4 is 56.5 Å². The second-order valence-electron chi connectivity index (χ2n) is 8.69. The molecule has 7 rings (SSSR count). The Morgan fingerprint density at radius 1 is 0.541 bits per heavy atom. The van der Waals surface area contributed by atoms with Gasteiger partial charge in [0.1, 0.15) is 34.9 Å². The molecule has 0 aliphatic carbocycles. The number of rotatable bonds is 0. The fraction of sp³-hybridized carbons (Fsp3) is 0.0400. The minimum absolute atomic E-state index is 0.0368. The van der Waals surface area contributed by atoms with Crippen molar-refractivity contribution in [2.75, 3.05) is 5.32 Å². The van der Waals surface area contributed by atoms with Crippen LogP contribution >= 0.6 is 0 Å². The first-order valence-corrected chi connectivity index (χ1v) is 10.9. The summed E-state index contributed by atoms with van der Waals surface area (Å²) in [5.41, 5.74) is 0.590. The number of nitrogens with zero attached hydrogens (tertiary/aromatic N) is 2. The topological polar surface area (TPSA) is 80.4 Å². The van der Waals surface area contributed by atoms with Crippen molar-refractivity contribution in [3.63, 3.8) is 0 Å². The van der Waals surface area contributed by atoms with E-state index in [2.05, 4.69) is 30.6 Å². The van der Waals surface area contributed by atoms with E-state index in [1.54, 1.807) is 0 Å². The zero-order chi connectivity index (χ0) is 25.6. The number of H-pyrrole nitrogens is 2. The van der Waals surface area contributed by atoms with E-state index >= 15 is 0 Å². The Hall–Kier alpha value is -4.74. The molecule has 6 nitrogen and oxygen atoms in total. The van der Waals surface area contributed by atoms with Gasteiger partial charge in [0.15, 0.2) is 34.9 Å². The number of halogens is 6. The Labute approximate surface area is 202 Å². The van der Waals surface area contributed by atoms with E-state index in [1.165, 1.54) is 0 Å². The van der Waals surface area contributed by atoms with Gasteiger partial charge in [-0.25, -0.2) is 36.3 Å². The van der Waals surface area contributed by atoms with Crippen LogP contribution in [-0.2, 0) is 6.42 Å². The molecular weight excluding hydrogens is 498 g/mol. The molecule has 2 aliphatic rings. The van der Waals surface area contributed by atoms with Crippen LogP contribution in [0.2, 0.25) is 0 Å². The highest BCUT2D eigenvalue weighted by molar-refractivity contribution is 6.17. The highest BCUT2D eigenvalue weighted by atomic mass is 19.2. The molecule has 5 aromatic rings. The molecule has 37 heavy (non-hydrogen) atoms. The van der Waals surface area contributed by atoms with E-state index in [0.29, 0.717) is 5.56 Å². The minimum atomic E-state index is -1.12. The van der Waals surface area contributed by atoms with Gasteiger partial charge in [-0.2, -0.15) is 0 Å². The van der Waals surface area contributed by atoms with Gasteiger partial charge in [0.25, 0.3) is 0 Å². The van der Waals surface area contributed by atoms with Crippen molar-refractivity contribution in [3.05, 3.63) is 82.4 Å². The number of nitrogens with one attached hydrogen (secondary N) is 4. The van der Waals surface area contributed by atoms with E-state index in [9.17, 15) is 26.3 Å². The molecule has 3 aromatic carbocycles. The third-order valence-corrected chi connectivity index (χ3v) is 6.40. The van der Waals surface area contributed by atoms with Crippen molar-refractivity contribution in [2.45, 2.75) is 6.42 Å². The fourth-order valence-electron chi connectivity index (χ4n) is 4.69. The normalized spacial score (nSPS) is 14.3. The van der Waals surface area contributed by atoms with Crippen molar-refractivity contribution in [3.8, 4) is 0 Å². The van der Waals surface area contributed by atoms with E-state index in [-0.39, 0.29) is 68.5 Å². The third kappa shape index (κ3) is 3.21. The molecular formula is C25H12F6N6. The first-order chi connectivity index (χ1) is 17.7. The lowest BCUT2D eigenvalue weighted by Gasteiger charge is -2.22. The van der Waals surface area contributed by atoms with Crippen LogP contribution in [0.15, 0.2) is 46.4 Å². The fourth-order valence-corrected chi connectivity index (χ4v) is 4.69. The average molecular weight is 510 g/mol. The van der Waals surface area contributed by atoms with Gasteiger partial charge in [0.2, 0.25) is 0 Å². The first-order valence-electron chi connectivity index (χ1n) is 10.9. The number of anilines is 2. The molecule has 4 heterocycles. The van der Waals surface area contributed by atoms with Crippen LogP contribution in [0.25, 0.3) is 21.5 Å². The van der Waals surface area contributed by atoms with E-state index < -0.39 is 34.9 Å². The molecule has 4 N–H and O–H groups in total. The molecule has 0 unspecified atom stereocenters. The molecule has 0 fully saturated rings. The van der Waals surface area contributed by atoms with E-state index in [4.69, 9.17) is 0 Å². The first kappa shape index (κ1) is 21.5. The smallest absolute Gasteiger partial charge is 0.159 e. The number of aliphatic imine (C=N–C) groups is 2. The summed E-state index contributed by atoms with van der Waals surface area (Å²) in [7, 11) is 0. The van der Waals surface area contributed by atoms with Gasteiger partial charge in [-0.3, -0.25) is 0 Å². The Morgan fingerprint density at radius 2 is 1.03 bits per heavy atom. The predicted octanol–water partition coefficient (Wildman–Crippen LogP) is 6.50. The lowest BCUT2D eigenvalue weighted by Crippen LogP contribution is -2.38. The molecule has 2 aromatic heterocycles. The second-order valence-corrected chi connectivity index (χ2v) is 8.69. The van der Waals surface area contributed by atoms with Crippen molar-refractivity contribution in [2.24, 2.45) is 9.98 Å². The summed E-state index contributed by atoms with van der Waals surface area (Å²) in [5.74, 6) is -5.74. The zero-order valence-corrected chi connectivity index (χ0v) is 18.3. The number of amidine groups is 2. The molecule has 0 saturated carbocycles. The highest BCUT2D eigenvalue weighted by Gasteiger charge is 2.26. The molecule has 12 heteroatoms. The Balaban J connectivity index is 1.59. The number of benzene rings is 3. The molecule has 0 spiro atoms. The van der Waals surface area contributed by atoms with Crippen LogP contribution in [0.1, 0.15) is 11.1 Å². The van der Waals surface area contributed by atoms with Crippen LogP contribution in [0, 0.1) is 34.9 Å². The largest absolute Gasteiger partial charge is 0.328 e. The highest BCUT2D eigenvalue weighted by Crippen LogP contribution is 2.40. The van der Waals surface area contributed by atoms with Crippen molar-refractivity contribution in [1.29, 1.82) is 0 Å². The second kappa shape index (κ2) is 7.38. The van der Waals surface area contributed by atoms with Gasteiger partial charge >= 0.3 is 0 Å². The number of aromatic amines is 2. The molecule has 6 bridgehead atoms. The summed E-state index contributed by atoms with van der Waals surface area (Å²) in [5, 5.41) is 6.78. The van der Waals surface area contributed by atoms with Crippen LogP contribution in [0.4, 0.5) is 49.6 Å². The van der Waals surface area contributed by atoms with Gasteiger partial charge in [-0.05, 0) is 42.0 Å². The molecule has 0 amide bonds. The number of hydrogen-bond acceptors (Lipinski definition) is 4.